The van der Waals surface area contributed by atoms with Gasteiger partial charge in [-0.3, -0.25) is 19.5 Å². The smallest absolute Gasteiger partial charge is 0.231 e. The first-order chi connectivity index (χ1) is 13.6. The normalized spacial score (nSPS) is 11.5. The molecule has 1 aromatic heterocycles. The Kier molecular flexibility index (Phi) is 6.52. The Hall–Kier alpha value is -3.47. The zero-order valence-corrected chi connectivity index (χ0v) is 15.8. The third kappa shape index (κ3) is 5.27. The molecule has 0 spiro atoms. The van der Waals surface area contributed by atoms with Crippen LogP contribution in [0.3, 0.4) is 0 Å². The van der Waals surface area contributed by atoms with Crippen LogP contribution in [0.2, 0.25) is 0 Å². The highest BCUT2D eigenvalue weighted by Gasteiger charge is 2.21. The molecule has 0 saturated heterocycles. The van der Waals surface area contributed by atoms with Gasteiger partial charge >= 0.3 is 0 Å². The summed E-state index contributed by atoms with van der Waals surface area (Å²) in [6, 6.07) is 22.6. The highest BCUT2D eigenvalue weighted by molar-refractivity contribution is 6.01. The molecule has 0 aliphatic carbocycles. The maximum Gasteiger partial charge on any atom is 0.231 e. The zero-order valence-electron chi connectivity index (χ0n) is 15.8. The van der Waals surface area contributed by atoms with Gasteiger partial charge in [0, 0.05) is 30.4 Å². The van der Waals surface area contributed by atoms with Crippen molar-refractivity contribution in [2.24, 2.45) is 5.92 Å². The second-order valence-electron chi connectivity index (χ2n) is 6.70. The maximum atomic E-state index is 13.1. The highest BCUT2D eigenvalue weighted by Crippen LogP contribution is 2.27. The standard InChI is InChI=1S/C23H23N3O2/c1-18(15-22(27)25-19-9-8-14-24-17-19)16-23(28)26(20-10-4-2-5-11-20)21-12-6-3-7-13-21/h2-14,17-18H,15-16H2,1H3,(H,25,27)/t18-/m0/s1. The topological polar surface area (TPSA) is 62.3 Å². The lowest BCUT2D eigenvalue weighted by molar-refractivity contribution is -0.119. The number of aromatic nitrogens is 1. The molecule has 2 amide bonds. The fourth-order valence-corrected chi connectivity index (χ4v) is 3.02. The molecule has 5 nitrogen and oxygen atoms in total. The van der Waals surface area contributed by atoms with Gasteiger partial charge in [0.15, 0.2) is 0 Å². The number of nitrogens with zero attached hydrogens (tertiary/aromatic N) is 2. The van der Waals surface area contributed by atoms with Gasteiger partial charge in [-0.05, 0) is 42.3 Å². The second kappa shape index (κ2) is 9.46. The zero-order chi connectivity index (χ0) is 19.8. The van der Waals surface area contributed by atoms with Gasteiger partial charge in [0.25, 0.3) is 0 Å². The minimum atomic E-state index is -0.126. The van der Waals surface area contributed by atoms with Gasteiger partial charge in [0.2, 0.25) is 11.8 Å². The molecule has 5 heteroatoms. The third-order valence-corrected chi connectivity index (χ3v) is 4.28. The van der Waals surface area contributed by atoms with Crippen molar-refractivity contribution in [3.05, 3.63) is 85.2 Å². The van der Waals surface area contributed by atoms with Gasteiger partial charge in [-0.15, -0.1) is 0 Å². The summed E-state index contributed by atoms with van der Waals surface area (Å²) in [6.45, 7) is 1.91. The molecular formula is C23H23N3O2. The predicted octanol–water partition coefficient (Wildman–Crippen LogP) is 4.80. The summed E-state index contributed by atoms with van der Waals surface area (Å²) in [7, 11) is 0. The molecule has 28 heavy (non-hydrogen) atoms. The average Bonchev–Trinajstić information content (AvgIpc) is 2.70. The number of pyridine rings is 1. The Labute approximate surface area is 165 Å². The van der Waals surface area contributed by atoms with Crippen LogP contribution in [0, 0.1) is 5.92 Å². The number of carbonyl (C=O) groups excluding carboxylic acids is 2. The molecule has 0 bridgehead atoms. The average molecular weight is 373 g/mol. The van der Waals surface area contributed by atoms with Gasteiger partial charge in [-0.2, -0.15) is 0 Å². The Morgan fingerprint density at radius 1 is 0.893 bits per heavy atom. The third-order valence-electron chi connectivity index (χ3n) is 4.28. The van der Waals surface area contributed by atoms with E-state index in [1.165, 1.54) is 0 Å². The molecule has 0 aliphatic heterocycles. The van der Waals surface area contributed by atoms with Gasteiger partial charge < -0.3 is 5.32 Å². The Balaban J connectivity index is 1.67. The van der Waals surface area contributed by atoms with E-state index in [1.807, 2.05) is 67.6 Å². The van der Waals surface area contributed by atoms with E-state index in [2.05, 4.69) is 10.3 Å². The SMILES string of the molecule is C[C@@H](CC(=O)Nc1cccnc1)CC(=O)N(c1ccccc1)c1ccccc1. The molecule has 2 aromatic carbocycles. The number of carbonyl (C=O) groups is 2. The quantitative estimate of drug-likeness (QED) is 0.647. The Morgan fingerprint density at radius 3 is 2.04 bits per heavy atom. The van der Waals surface area contributed by atoms with Crippen molar-refractivity contribution in [3.63, 3.8) is 0 Å². The fraction of sp³-hybridized carbons (Fsp3) is 0.174. The van der Waals surface area contributed by atoms with E-state index in [0.717, 1.165) is 11.4 Å². The van der Waals surface area contributed by atoms with E-state index in [4.69, 9.17) is 0 Å². The van der Waals surface area contributed by atoms with Gasteiger partial charge in [0.05, 0.1) is 11.9 Å². The highest BCUT2D eigenvalue weighted by atomic mass is 16.2. The van der Waals surface area contributed by atoms with Crippen molar-refractivity contribution in [2.45, 2.75) is 19.8 Å². The predicted molar refractivity (Wildman–Crippen MR) is 111 cm³/mol. The second-order valence-corrected chi connectivity index (χ2v) is 6.70. The van der Waals surface area contributed by atoms with Crippen LogP contribution in [0.1, 0.15) is 19.8 Å². The van der Waals surface area contributed by atoms with Crippen LogP contribution in [0.25, 0.3) is 0 Å². The molecule has 142 valence electrons. The molecule has 0 unspecified atom stereocenters. The summed E-state index contributed by atoms with van der Waals surface area (Å²) in [6.07, 6.45) is 3.78. The first-order valence-electron chi connectivity index (χ1n) is 9.26. The van der Waals surface area contributed by atoms with Crippen LogP contribution in [-0.2, 0) is 9.59 Å². The Bertz CT molecular complexity index is 859. The summed E-state index contributed by atoms with van der Waals surface area (Å²) < 4.78 is 0. The molecule has 0 fully saturated rings. The lowest BCUT2D eigenvalue weighted by Crippen LogP contribution is -2.28. The lowest BCUT2D eigenvalue weighted by atomic mass is 10.0. The van der Waals surface area contributed by atoms with E-state index < -0.39 is 0 Å². The molecule has 0 radical (unpaired) electrons. The number of hydrogen-bond acceptors (Lipinski definition) is 3. The number of amides is 2. The number of para-hydroxylation sites is 2. The minimum Gasteiger partial charge on any atom is -0.325 e. The fourth-order valence-electron chi connectivity index (χ4n) is 3.02. The molecule has 0 aliphatic rings. The minimum absolute atomic E-state index is 0.0425. The maximum absolute atomic E-state index is 13.1. The molecule has 1 atom stereocenters. The van der Waals surface area contributed by atoms with Crippen molar-refractivity contribution in [2.75, 3.05) is 10.2 Å². The largest absolute Gasteiger partial charge is 0.325 e. The van der Waals surface area contributed by atoms with Crippen LogP contribution in [0.15, 0.2) is 85.2 Å². The first kappa shape index (κ1) is 19.3. The van der Waals surface area contributed by atoms with Gasteiger partial charge in [-0.1, -0.05) is 43.3 Å². The van der Waals surface area contributed by atoms with E-state index in [-0.39, 0.29) is 30.6 Å². The van der Waals surface area contributed by atoms with Crippen molar-refractivity contribution in [1.82, 2.24) is 4.98 Å². The van der Waals surface area contributed by atoms with E-state index in [9.17, 15) is 9.59 Å². The first-order valence-corrected chi connectivity index (χ1v) is 9.26. The summed E-state index contributed by atoms with van der Waals surface area (Å²) >= 11 is 0. The number of rotatable bonds is 7. The van der Waals surface area contributed by atoms with Crippen LogP contribution in [0.4, 0.5) is 17.1 Å². The Morgan fingerprint density at radius 2 is 1.50 bits per heavy atom. The summed E-state index contributed by atoms with van der Waals surface area (Å²) in [5.74, 6) is -0.266. The number of anilines is 3. The van der Waals surface area contributed by atoms with E-state index in [0.29, 0.717) is 5.69 Å². The van der Waals surface area contributed by atoms with Crippen LogP contribution >= 0.6 is 0 Å². The van der Waals surface area contributed by atoms with Crippen LogP contribution < -0.4 is 10.2 Å². The molecule has 1 heterocycles. The monoisotopic (exact) mass is 373 g/mol. The van der Waals surface area contributed by atoms with Crippen molar-refractivity contribution >= 4 is 28.9 Å². The van der Waals surface area contributed by atoms with Crippen molar-refractivity contribution < 1.29 is 9.59 Å². The molecule has 3 aromatic rings. The van der Waals surface area contributed by atoms with Crippen molar-refractivity contribution in [3.8, 4) is 0 Å². The van der Waals surface area contributed by atoms with E-state index >= 15 is 0 Å². The summed E-state index contributed by atoms with van der Waals surface area (Å²) in [4.78, 5) is 31.0. The molecule has 1 N–H and O–H groups in total. The van der Waals surface area contributed by atoms with E-state index in [1.54, 1.807) is 29.4 Å². The summed E-state index contributed by atoms with van der Waals surface area (Å²) in [5.41, 5.74) is 2.28. The molecular weight excluding hydrogens is 350 g/mol. The number of hydrogen-bond donors (Lipinski definition) is 1. The lowest BCUT2D eigenvalue weighted by Gasteiger charge is -2.24. The van der Waals surface area contributed by atoms with Gasteiger partial charge in [0.1, 0.15) is 0 Å². The van der Waals surface area contributed by atoms with Gasteiger partial charge in [-0.25, -0.2) is 0 Å². The van der Waals surface area contributed by atoms with Crippen molar-refractivity contribution in [1.29, 1.82) is 0 Å². The summed E-state index contributed by atoms with van der Waals surface area (Å²) in [5, 5.41) is 2.81. The molecule has 3 rings (SSSR count). The molecule has 0 saturated carbocycles. The van der Waals surface area contributed by atoms with Crippen LogP contribution in [0.5, 0.6) is 0 Å². The number of benzene rings is 2. The van der Waals surface area contributed by atoms with Crippen LogP contribution in [-0.4, -0.2) is 16.8 Å². The number of nitrogens with one attached hydrogen (secondary N) is 1.